The monoisotopic (exact) mass is 313 g/mol. The summed E-state index contributed by atoms with van der Waals surface area (Å²) >= 11 is 0. The van der Waals surface area contributed by atoms with Crippen LogP contribution in [0.25, 0.3) is 11.0 Å². The van der Waals surface area contributed by atoms with E-state index < -0.39 is 0 Å². The molecule has 6 nitrogen and oxygen atoms in total. The second-order valence-electron chi connectivity index (χ2n) is 5.40. The van der Waals surface area contributed by atoms with Crippen molar-refractivity contribution in [2.45, 2.75) is 26.3 Å². The van der Waals surface area contributed by atoms with Gasteiger partial charge in [0.2, 0.25) is 0 Å². The third-order valence-corrected chi connectivity index (χ3v) is 3.71. The Bertz CT molecular complexity index is 835. The fraction of sp³-hybridized carbons (Fsp3) is 0.294. The predicted molar refractivity (Wildman–Crippen MR) is 86.6 cm³/mol. The van der Waals surface area contributed by atoms with Crippen LogP contribution in [-0.4, -0.2) is 23.0 Å². The Labute approximate surface area is 133 Å². The summed E-state index contributed by atoms with van der Waals surface area (Å²) < 4.78 is 10.2. The molecule has 6 heteroatoms. The van der Waals surface area contributed by atoms with E-state index in [1.807, 2.05) is 32.0 Å². The van der Waals surface area contributed by atoms with E-state index in [2.05, 4.69) is 15.3 Å². The van der Waals surface area contributed by atoms with Crippen molar-refractivity contribution in [2.24, 2.45) is 0 Å². The van der Waals surface area contributed by atoms with Crippen LogP contribution in [0, 0.1) is 6.92 Å². The van der Waals surface area contributed by atoms with E-state index in [9.17, 15) is 4.79 Å². The smallest absolute Gasteiger partial charge is 0.287 e. The Hall–Kier alpha value is -2.76. The lowest BCUT2D eigenvalue weighted by Gasteiger charge is -2.13. The van der Waals surface area contributed by atoms with Gasteiger partial charge in [-0.25, -0.2) is 4.98 Å². The third-order valence-electron chi connectivity index (χ3n) is 3.71. The number of amides is 1. The number of methoxy groups -OCH3 is 1. The van der Waals surface area contributed by atoms with Gasteiger partial charge in [0.1, 0.15) is 5.82 Å². The van der Waals surface area contributed by atoms with E-state index in [1.54, 1.807) is 12.1 Å². The van der Waals surface area contributed by atoms with Crippen molar-refractivity contribution in [3.63, 3.8) is 0 Å². The van der Waals surface area contributed by atoms with Gasteiger partial charge >= 0.3 is 0 Å². The van der Waals surface area contributed by atoms with Crippen LogP contribution in [0.1, 0.15) is 41.3 Å². The first kappa shape index (κ1) is 15.1. The second kappa shape index (κ2) is 6.16. The zero-order valence-corrected chi connectivity index (χ0v) is 13.3. The minimum Gasteiger partial charge on any atom is -0.468 e. The molecule has 0 aliphatic carbocycles. The summed E-state index contributed by atoms with van der Waals surface area (Å²) in [7, 11) is 1.49. The molecule has 1 amide bonds. The number of hydrogen-bond donors (Lipinski definition) is 2. The first-order valence-electron chi connectivity index (χ1n) is 7.51. The molecule has 0 fully saturated rings. The van der Waals surface area contributed by atoms with Crippen LogP contribution in [0.3, 0.4) is 0 Å². The van der Waals surface area contributed by atoms with E-state index in [1.165, 1.54) is 7.11 Å². The Morgan fingerprint density at radius 1 is 1.39 bits per heavy atom. The molecule has 0 radical (unpaired) electrons. The Balaban J connectivity index is 1.81. The number of carbonyl (C=O) groups excluding carboxylic acids is 1. The molecule has 0 saturated heterocycles. The molecule has 1 atom stereocenters. The van der Waals surface area contributed by atoms with Crippen molar-refractivity contribution in [2.75, 3.05) is 7.11 Å². The Kier molecular flexibility index (Phi) is 4.06. The molecule has 0 saturated carbocycles. The zero-order chi connectivity index (χ0) is 16.4. The van der Waals surface area contributed by atoms with Gasteiger partial charge in [-0.3, -0.25) is 4.79 Å². The first-order valence-corrected chi connectivity index (χ1v) is 7.51. The van der Waals surface area contributed by atoms with Gasteiger partial charge in [0.05, 0.1) is 24.2 Å². The molecule has 0 unspecified atom stereocenters. The number of benzene rings is 1. The molecule has 120 valence electrons. The molecule has 3 aromatic rings. The summed E-state index contributed by atoms with van der Waals surface area (Å²) in [5, 5.41) is 2.93. The van der Waals surface area contributed by atoms with E-state index in [0.29, 0.717) is 12.4 Å². The molecule has 2 aromatic heterocycles. The SMILES string of the molecule is CC[C@H](NC(=O)c1ccc(OC)o1)c1nc2ccc(C)cc2[nH]1. The maximum absolute atomic E-state index is 12.3. The number of imidazole rings is 1. The number of hydrogen-bond acceptors (Lipinski definition) is 4. The van der Waals surface area contributed by atoms with Crippen LogP contribution in [0.15, 0.2) is 34.7 Å². The van der Waals surface area contributed by atoms with Crippen molar-refractivity contribution in [1.82, 2.24) is 15.3 Å². The molecule has 0 aliphatic rings. The highest BCUT2D eigenvalue weighted by Gasteiger charge is 2.19. The number of ether oxygens (including phenoxy) is 1. The van der Waals surface area contributed by atoms with Crippen LogP contribution in [0.4, 0.5) is 0 Å². The summed E-state index contributed by atoms with van der Waals surface area (Å²) in [4.78, 5) is 20.1. The third kappa shape index (κ3) is 3.06. The average Bonchev–Trinajstić information content (AvgIpc) is 3.18. The number of nitrogens with zero attached hydrogens (tertiary/aromatic N) is 1. The van der Waals surface area contributed by atoms with Crippen LogP contribution in [0.5, 0.6) is 5.95 Å². The summed E-state index contributed by atoms with van der Waals surface area (Å²) in [6.45, 7) is 4.02. The lowest BCUT2D eigenvalue weighted by Crippen LogP contribution is -2.28. The molecule has 0 bridgehead atoms. The number of fused-ring (bicyclic) bond motifs is 1. The van der Waals surface area contributed by atoms with Crippen molar-refractivity contribution < 1.29 is 13.9 Å². The average molecular weight is 313 g/mol. The van der Waals surface area contributed by atoms with Gasteiger partial charge in [-0.1, -0.05) is 13.0 Å². The van der Waals surface area contributed by atoms with E-state index in [-0.39, 0.29) is 17.7 Å². The van der Waals surface area contributed by atoms with Gasteiger partial charge in [-0.05, 0) is 37.1 Å². The molecule has 0 spiro atoms. The fourth-order valence-corrected chi connectivity index (χ4v) is 2.45. The lowest BCUT2D eigenvalue weighted by atomic mass is 10.2. The molecule has 2 N–H and O–H groups in total. The molecular formula is C17H19N3O3. The number of furan rings is 1. The summed E-state index contributed by atoms with van der Waals surface area (Å²) in [5.74, 6) is 0.964. The lowest BCUT2D eigenvalue weighted by molar-refractivity contribution is 0.0899. The van der Waals surface area contributed by atoms with Crippen LogP contribution in [0.2, 0.25) is 0 Å². The second-order valence-corrected chi connectivity index (χ2v) is 5.40. The van der Waals surface area contributed by atoms with Crippen molar-refractivity contribution in [3.05, 3.63) is 47.5 Å². The molecular weight excluding hydrogens is 294 g/mol. The van der Waals surface area contributed by atoms with Gasteiger partial charge in [0.15, 0.2) is 5.76 Å². The minimum absolute atomic E-state index is 0.215. The quantitative estimate of drug-likeness (QED) is 0.757. The van der Waals surface area contributed by atoms with E-state index in [4.69, 9.17) is 9.15 Å². The molecule has 3 rings (SSSR count). The normalized spacial score (nSPS) is 12.3. The summed E-state index contributed by atoms with van der Waals surface area (Å²) in [6, 6.07) is 9.00. The molecule has 23 heavy (non-hydrogen) atoms. The highest BCUT2D eigenvalue weighted by molar-refractivity contribution is 5.91. The summed E-state index contributed by atoms with van der Waals surface area (Å²) in [5.41, 5.74) is 3.01. The van der Waals surface area contributed by atoms with Gasteiger partial charge in [-0.2, -0.15) is 0 Å². The van der Waals surface area contributed by atoms with Crippen LogP contribution in [-0.2, 0) is 0 Å². The minimum atomic E-state index is -0.295. The van der Waals surface area contributed by atoms with E-state index >= 15 is 0 Å². The van der Waals surface area contributed by atoms with Crippen molar-refractivity contribution in [1.29, 1.82) is 0 Å². The highest BCUT2D eigenvalue weighted by atomic mass is 16.6. The number of aromatic nitrogens is 2. The number of nitrogens with one attached hydrogen (secondary N) is 2. The van der Waals surface area contributed by atoms with Crippen molar-refractivity contribution >= 4 is 16.9 Å². The molecule has 0 aliphatic heterocycles. The van der Waals surface area contributed by atoms with Crippen LogP contribution >= 0.6 is 0 Å². The molecule has 1 aromatic carbocycles. The molecule has 2 heterocycles. The van der Waals surface area contributed by atoms with Gasteiger partial charge < -0.3 is 19.5 Å². The largest absolute Gasteiger partial charge is 0.468 e. The standard InChI is InChI=1S/C17H19N3O3/c1-4-11(20-17(21)14-7-8-15(22-3)23-14)16-18-12-6-5-10(2)9-13(12)19-16/h5-9,11H,4H2,1-3H3,(H,18,19)(H,20,21)/t11-/m0/s1. The fourth-order valence-electron chi connectivity index (χ4n) is 2.45. The zero-order valence-electron chi connectivity index (χ0n) is 13.3. The highest BCUT2D eigenvalue weighted by Crippen LogP contribution is 2.21. The summed E-state index contributed by atoms with van der Waals surface area (Å²) in [6.07, 6.45) is 0.711. The van der Waals surface area contributed by atoms with Crippen LogP contribution < -0.4 is 10.1 Å². The number of rotatable bonds is 5. The number of aromatic amines is 1. The first-order chi connectivity index (χ1) is 11.1. The number of carbonyl (C=O) groups is 1. The van der Waals surface area contributed by atoms with E-state index in [0.717, 1.165) is 22.4 Å². The van der Waals surface area contributed by atoms with Gasteiger partial charge in [0, 0.05) is 6.07 Å². The predicted octanol–water partition coefficient (Wildman–Crippen LogP) is 3.35. The Morgan fingerprint density at radius 3 is 2.91 bits per heavy atom. The topological polar surface area (TPSA) is 80.2 Å². The van der Waals surface area contributed by atoms with Gasteiger partial charge in [0.25, 0.3) is 11.9 Å². The van der Waals surface area contributed by atoms with Crippen molar-refractivity contribution in [3.8, 4) is 5.95 Å². The number of H-pyrrole nitrogens is 1. The van der Waals surface area contributed by atoms with Gasteiger partial charge in [-0.15, -0.1) is 0 Å². The number of aryl methyl sites for hydroxylation is 1. The Morgan fingerprint density at radius 2 is 2.22 bits per heavy atom. The maximum Gasteiger partial charge on any atom is 0.287 e. The maximum atomic E-state index is 12.3.